The van der Waals surface area contributed by atoms with Gasteiger partial charge in [0.05, 0.1) is 0 Å². The van der Waals surface area contributed by atoms with E-state index in [1.54, 1.807) is 0 Å². The van der Waals surface area contributed by atoms with Crippen LogP contribution in [0.15, 0.2) is 6.07 Å². The number of hydrogen-bond donors (Lipinski definition) is 3. The van der Waals surface area contributed by atoms with Gasteiger partial charge in [-0.05, 0) is 12.8 Å². The molecular formula is C11H17NO3. The average molecular weight is 211 g/mol. The van der Waals surface area contributed by atoms with Crippen molar-refractivity contribution in [1.29, 1.82) is 0 Å². The Bertz CT molecular complexity index is 338. The molecule has 2 rings (SSSR count). The zero-order valence-corrected chi connectivity index (χ0v) is 8.69. The smallest absolute Gasteiger partial charge is 0.237 e. The van der Waals surface area contributed by atoms with Crippen LogP contribution in [0.1, 0.15) is 44.6 Å². The summed E-state index contributed by atoms with van der Waals surface area (Å²) in [5.74, 6) is -0.493. The Labute approximate surface area is 88.8 Å². The SMILES string of the molecule is Oc1cc(O)n(C2CCCCCC2)c1O. The molecule has 1 aromatic heterocycles. The van der Waals surface area contributed by atoms with Crippen LogP contribution in [0.2, 0.25) is 0 Å². The molecule has 15 heavy (non-hydrogen) atoms. The largest absolute Gasteiger partial charge is 0.503 e. The van der Waals surface area contributed by atoms with Crippen molar-refractivity contribution in [2.24, 2.45) is 0 Å². The molecule has 0 radical (unpaired) electrons. The van der Waals surface area contributed by atoms with Gasteiger partial charge in [-0.2, -0.15) is 0 Å². The summed E-state index contributed by atoms with van der Waals surface area (Å²) in [6.45, 7) is 0. The minimum absolute atomic E-state index is 0.0445. The number of aromatic hydroxyl groups is 3. The molecule has 1 fully saturated rings. The highest BCUT2D eigenvalue weighted by Gasteiger charge is 2.22. The maximum atomic E-state index is 9.62. The van der Waals surface area contributed by atoms with Crippen molar-refractivity contribution >= 4 is 0 Å². The van der Waals surface area contributed by atoms with Crippen LogP contribution in [0.4, 0.5) is 0 Å². The molecule has 1 aromatic rings. The predicted octanol–water partition coefficient (Wildman–Crippen LogP) is 2.50. The fourth-order valence-corrected chi connectivity index (χ4v) is 2.36. The highest BCUT2D eigenvalue weighted by Crippen LogP contribution is 2.40. The first-order valence-electron chi connectivity index (χ1n) is 5.52. The van der Waals surface area contributed by atoms with Gasteiger partial charge in [-0.3, -0.25) is 4.57 Å². The number of rotatable bonds is 1. The van der Waals surface area contributed by atoms with Crippen molar-refractivity contribution in [2.45, 2.75) is 44.6 Å². The Morgan fingerprint density at radius 3 is 2.07 bits per heavy atom. The summed E-state index contributed by atoms with van der Waals surface area (Å²) in [4.78, 5) is 0. The summed E-state index contributed by atoms with van der Waals surface area (Å²) in [6, 6.07) is 1.31. The van der Waals surface area contributed by atoms with E-state index in [4.69, 9.17) is 0 Å². The molecule has 1 saturated carbocycles. The van der Waals surface area contributed by atoms with E-state index in [2.05, 4.69) is 0 Å². The van der Waals surface area contributed by atoms with Gasteiger partial charge in [0.1, 0.15) is 0 Å². The molecular weight excluding hydrogens is 194 g/mol. The summed E-state index contributed by atoms with van der Waals surface area (Å²) < 4.78 is 1.45. The van der Waals surface area contributed by atoms with Crippen molar-refractivity contribution in [2.75, 3.05) is 0 Å². The van der Waals surface area contributed by atoms with Crippen LogP contribution in [0.25, 0.3) is 0 Å². The second kappa shape index (κ2) is 4.04. The van der Waals surface area contributed by atoms with Crippen LogP contribution in [-0.2, 0) is 0 Å². The van der Waals surface area contributed by atoms with Gasteiger partial charge in [0.2, 0.25) is 5.88 Å². The van der Waals surface area contributed by atoms with Crippen molar-refractivity contribution in [3.05, 3.63) is 6.07 Å². The van der Waals surface area contributed by atoms with Crippen LogP contribution in [0, 0.1) is 0 Å². The summed E-state index contributed by atoms with van der Waals surface area (Å²) >= 11 is 0. The van der Waals surface area contributed by atoms with E-state index in [0.717, 1.165) is 25.7 Å². The van der Waals surface area contributed by atoms with Crippen LogP contribution >= 0.6 is 0 Å². The lowest BCUT2D eigenvalue weighted by Gasteiger charge is -2.18. The molecule has 4 heteroatoms. The normalized spacial score (nSPS) is 18.9. The zero-order chi connectivity index (χ0) is 10.8. The van der Waals surface area contributed by atoms with E-state index >= 15 is 0 Å². The minimum Gasteiger partial charge on any atom is -0.503 e. The van der Waals surface area contributed by atoms with Crippen molar-refractivity contribution in [3.63, 3.8) is 0 Å². The number of aromatic nitrogens is 1. The molecule has 4 nitrogen and oxygen atoms in total. The van der Waals surface area contributed by atoms with Gasteiger partial charge in [-0.1, -0.05) is 25.7 Å². The maximum Gasteiger partial charge on any atom is 0.237 e. The van der Waals surface area contributed by atoms with Gasteiger partial charge < -0.3 is 15.3 Å². The Morgan fingerprint density at radius 2 is 1.60 bits per heavy atom. The van der Waals surface area contributed by atoms with E-state index in [0.29, 0.717) is 0 Å². The Balaban J connectivity index is 2.26. The van der Waals surface area contributed by atoms with Gasteiger partial charge in [0.15, 0.2) is 11.6 Å². The standard InChI is InChI=1S/C11H17NO3/c13-9-7-10(14)12(11(9)15)8-5-3-1-2-4-6-8/h7-8,13-15H,1-6H2. The average Bonchev–Trinajstić information content (AvgIpc) is 2.46. The predicted molar refractivity (Wildman–Crippen MR) is 56.2 cm³/mol. The highest BCUT2D eigenvalue weighted by molar-refractivity contribution is 5.40. The van der Waals surface area contributed by atoms with Crippen LogP contribution in [0.5, 0.6) is 17.5 Å². The molecule has 0 aromatic carbocycles. The number of nitrogens with zero attached hydrogens (tertiary/aromatic N) is 1. The molecule has 0 aliphatic heterocycles. The van der Waals surface area contributed by atoms with Crippen LogP contribution in [0.3, 0.4) is 0 Å². The number of hydrogen-bond acceptors (Lipinski definition) is 3. The monoisotopic (exact) mass is 211 g/mol. The molecule has 0 unspecified atom stereocenters. The summed E-state index contributed by atoms with van der Waals surface area (Å²) in [5, 5.41) is 28.5. The zero-order valence-electron chi connectivity index (χ0n) is 8.69. The lowest BCUT2D eigenvalue weighted by molar-refractivity contribution is 0.306. The fraction of sp³-hybridized carbons (Fsp3) is 0.636. The van der Waals surface area contributed by atoms with Gasteiger partial charge in [0, 0.05) is 12.1 Å². The van der Waals surface area contributed by atoms with E-state index in [9.17, 15) is 15.3 Å². The third-order valence-corrected chi connectivity index (χ3v) is 3.16. The second-order valence-corrected chi connectivity index (χ2v) is 4.23. The third-order valence-electron chi connectivity index (χ3n) is 3.16. The third kappa shape index (κ3) is 1.89. The second-order valence-electron chi connectivity index (χ2n) is 4.23. The quantitative estimate of drug-likeness (QED) is 0.625. The van der Waals surface area contributed by atoms with E-state index in [-0.39, 0.29) is 23.6 Å². The van der Waals surface area contributed by atoms with Gasteiger partial charge >= 0.3 is 0 Å². The lowest BCUT2D eigenvalue weighted by atomic mass is 10.1. The minimum atomic E-state index is -0.239. The lowest BCUT2D eigenvalue weighted by Crippen LogP contribution is -2.06. The first kappa shape index (κ1) is 10.2. The van der Waals surface area contributed by atoms with E-state index in [1.807, 2.05) is 0 Å². The van der Waals surface area contributed by atoms with Crippen molar-refractivity contribution in [1.82, 2.24) is 4.57 Å². The molecule has 0 amide bonds. The topological polar surface area (TPSA) is 65.6 Å². The first-order chi connectivity index (χ1) is 7.20. The molecule has 3 N–H and O–H groups in total. The molecule has 84 valence electrons. The summed E-state index contributed by atoms with van der Waals surface area (Å²) in [5.41, 5.74) is 0. The molecule has 0 atom stereocenters. The first-order valence-corrected chi connectivity index (χ1v) is 5.52. The molecule has 1 heterocycles. The molecule has 1 aliphatic rings. The molecule has 1 aliphatic carbocycles. The Kier molecular flexibility index (Phi) is 2.75. The molecule has 0 spiro atoms. The van der Waals surface area contributed by atoms with E-state index in [1.165, 1.54) is 23.5 Å². The Hall–Kier alpha value is -1.32. The Morgan fingerprint density at radius 1 is 1.00 bits per heavy atom. The summed E-state index contributed by atoms with van der Waals surface area (Å²) in [7, 11) is 0. The molecule has 0 saturated heterocycles. The van der Waals surface area contributed by atoms with Gasteiger partial charge in [0.25, 0.3) is 0 Å². The van der Waals surface area contributed by atoms with E-state index < -0.39 is 0 Å². The highest BCUT2D eigenvalue weighted by atomic mass is 16.3. The van der Waals surface area contributed by atoms with Gasteiger partial charge in [-0.25, -0.2) is 0 Å². The van der Waals surface area contributed by atoms with Gasteiger partial charge in [-0.15, -0.1) is 0 Å². The summed E-state index contributed by atoms with van der Waals surface area (Å²) in [6.07, 6.45) is 6.56. The maximum absolute atomic E-state index is 9.62. The van der Waals surface area contributed by atoms with Crippen molar-refractivity contribution in [3.8, 4) is 17.5 Å². The fourth-order valence-electron chi connectivity index (χ4n) is 2.36. The van der Waals surface area contributed by atoms with Crippen LogP contribution < -0.4 is 0 Å². The van der Waals surface area contributed by atoms with Crippen molar-refractivity contribution < 1.29 is 15.3 Å². The van der Waals surface area contributed by atoms with Crippen LogP contribution in [-0.4, -0.2) is 19.9 Å². The molecule has 0 bridgehead atoms.